The van der Waals surface area contributed by atoms with Gasteiger partial charge in [0.05, 0.1) is 18.4 Å². The van der Waals surface area contributed by atoms with E-state index in [1.54, 1.807) is 7.11 Å². The fourth-order valence-corrected chi connectivity index (χ4v) is 4.28. The van der Waals surface area contributed by atoms with Crippen molar-refractivity contribution >= 4 is 39.9 Å². The second-order valence-corrected chi connectivity index (χ2v) is 8.47. The Morgan fingerprint density at radius 3 is 2.52 bits per heavy atom. The summed E-state index contributed by atoms with van der Waals surface area (Å²) in [6.07, 6.45) is 0. The molecule has 0 saturated carbocycles. The molecule has 1 N–H and O–H groups in total. The van der Waals surface area contributed by atoms with E-state index in [0.29, 0.717) is 16.6 Å². The Labute approximate surface area is 194 Å². The molecular formula is C25H21N5O2S. The van der Waals surface area contributed by atoms with E-state index >= 15 is 0 Å². The number of hydrogen-bond donors (Lipinski definition) is 1. The SMILES string of the molecule is COc1ccc(-c2nc3ccccc3c3nnc(SCC(=O)Nc4ccc(C)cc4)n23)cc1. The summed E-state index contributed by atoms with van der Waals surface area (Å²) in [5.74, 6) is 1.56. The first-order valence-electron chi connectivity index (χ1n) is 10.4. The third kappa shape index (κ3) is 4.25. The summed E-state index contributed by atoms with van der Waals surface area (Å²) in [6.45, 7) is 2.01. The van der Waals surface area contributed by atoms with Gasteiger partial charge in [0, 0.05) is 16.6 Å². The highest BCUT2D eigenvalue weighted by Gasteiger charge is 2.17. The van der Waals surface area contributed by atoms with Crippen LogP contribution < -0.4 is 10.1 Å². The van der Waals surface area contributed by atoms with Crippen LogP contribution in [0.25, 0.3) is 27.9 Å². The predicted molar refractivity (Wildman–Crippen MR) is 131 cm³/mol. The molecule has 3 aromatic carbocycles. The van der Waals surface area contributed by atoms with Gasteiger partial charge in [0.2, 0.25) is 5.91 Å². The number of ether oxygens (including phenoxy) is 1. The van der Waals surface area contributed by atoms with Gasteiger partial charge in [-0.1, -0.05) is 41.6 Å². The fraction of sp³-hybridized carbons (Fsp3) is 0.120. The number of rotatable bonds is 6. The van der Waals surface area contributed by atoms with Crippen molar-refractivity contribution in [3.05, 3.63) is 78.4 Å². The van der Waals surface area contributed by atoms with Crippen LogP contribution in [0, 0.1) is 6.92 Å². The van der Waals surface area contributed by atoms with Gasteiger partial charge in [-0.25, -0.2) is 4.98 Å². The number of carbonyl (C=O) groups is 1. The lowest BCUT2D eigenvalue weighted by molar-refractivity contribution is -0.113. The van der Waals surface area contributed by atoms with Gasteiger partial charge in [-0.3, -0.25) is 9.20 Å². The van der Waals surface area contributed by atoms with E-state index in [1.165, 1.54) is 11.8 Å². The number of thioether (sulfide) groups is 1. The number of methoxy groups -OCH3 is 1. The zero-order valence-corrected chi connectivity index (χ0v) is 19.0. The fourth-order valence-electron chi connectivity index (χ4n) is 3.55. The van der Waals surface area contributed by atoms with Gasteiger partial charge in [0.25, 0.3) is 0 Å². The average molecular weight is 456 g/mol. The van der Waals surface area contributed by atoms with E-state index in [-0.39, 0.29) is 11.7 Å². The standard InChI is InChI=1S/C25H21N5O2S/c1-16-7-11-18(12-8-16)26-22(31)15-33-25-29-28-24-20-5-3-4-6-21(20)27-23(30(24)25)17-9-13-19(32-2)14-10-17/h3-14H,15H2,1-2H3,(H,26,31). The van der Waals surface area contributed by atoms with Crippen molar-refractivity contribution < 1.29 is 9.53 Å². The number of amides is 1. The minimum Gasteiger partial charge on any atom is -0.497 e. The largest absolute Gasteiger partial charge is 0.497 e. The van der Waals surface area contributed by atoms with Gasteiger partial charge in [0.1, 0.15) is 11.6 Å². The van der Waals surface area contributed by atoms with Crippen molar-refractivity contribution in [2.45, 2.75) is 12.1 Å². The number of aryl methyl sites for hydroxylation is 1. The van der Waals surface area contributed by atoms with Gasteiger partial charge < -0.3 is 10.1 Å². The normalized spacial score (nSPS) is 11.1. The first-order valence-corrected chi connectivity index (χ1v) is 11.4. The molecular weight excluding hydrogens is 434 g/mol. The van der Waals surface area contributed by atoms with E-state index in [0.717, 1.165) is 33.5 Å². The Bertz CT molecular complexity index is 1450. The molecule has 0 unspecified atom stereocenters. The Balaban J connectivity index is 1.50. The minimum atomic E-state index is -0.111. The maximum Gasteiger partial charge on any atom is 0.234 e. The Hall–Kier alpha value is -3.91. The molecule has 1 amide bonds. The first-order chi connectivity index (χ1) is 16.1. The van der Waals surface area contributed by atoms with Crippen LogP contribution in [0.4, 0.5) is 5.69 Å². The molecule has 0 atom stereocenters. The van der Waals surface area contributed by atoms with Crippen LogP contribution in [0.1, 0.15) is 5.56 Å². The van der Waals surface area contributed by atoms with Crippen molar-refractivity contribution in [1.82, 2.24) is 19.6 Å². The maximum atomic E-state index is 12.5. The van der Waals surface area contributed by atoms with E-state index in [2.05, 4.69) is 15.5 Å². The van der Waals surface area contributed by atoms with E-state index in [4.69, 9.17) is 9.72 Å². The van der Waals surface area contributed by atoms with Crippen LogP contribution in [0.3, 0.4) is 0 Å². The van der Waals surface area contributed by atoms with Crippen molar-refractivity contribution in [2.75, 3.05) is 18.2 Å². The molecule has 7 nitrogen and oxygen atoms in total. The summed E-state index contributed by atoms with van der Waals surface area (Å²) >= 11 is 1.32. The third-order valence-electron chi connectivity index (χ3n) is 5.23. The van der Waals surface area contributed by atoms with Crippen LogP contribution in [0.5, 0.6) is 5.75 Å². The van der Waals surface area contributed by atoms with Crippen LogP contribution in [-0.2, 0) is 4.79 Å². The van der Waals surface area contributed by atoms with E-state index in [1.807, 2.05) is 84.1 Å². The van der Waals surface area contributed by atoms with Crippen LogP contribution in [-0.4, -0.2) is 38.4 Å². The van der Waals surface area contributed by atoms with E-state index < -0.39 is 0 Å². The molecule has 33 heavy (non-hydrogen) atoms. The van der Waals surface area contributed by atoms with Crippen molar-refractivity contribution in [3.63, 3.8) is 0 Å². The summed E-state index contributed by atoms with van der Waals surface area (Å²) in [5.41, 5.74) is 4.34. The molecule has 0 aliphatic carbocycles. The van der Waals surface area contributed by atoms with Gasteiger partial charge in [0.15, 0.2) is 10.8 Å². The molecule has 5 aromatic rings. The number of nitrogens with zero attached hydrogens (tertiary/aromatic N) is 4. The van der Waals surface area contributed by atoms with Crippen LogP contribution >= 0.6 is 11.8 Å². The predicted octanol–water partition coefficient (Wildman–Crippen LogP) is 4.99. The summed E-state index contributed by atoms with van der Waals surface area (Å²) in [6, 6.07) is 23.2. The number of para-hydroxylation sites is 1. The van der Waals surface area contributed by atoms with Gasteiger partial charge in [-0.05, 0) is 55.5 Å². The summed E-state index contributed by atoms with van der Waals surface area (Å²) in [4.78, 5) is 17.4. The van der Waals surface area contributed by atoms with Gasteiger partial charge >= 0.3 is 0 Å². The van der Waals surface area contributed by atoms with Crippen LogP contribution in [0.2, 0.25) is 0 Å². The topological polar surface area (TPSA) is 81.4 Å². The highest BCUT2D eigenvalue weighted by atomic mass is 32.2. The molecule has 0 radical (unpaired) electrons. The Morgan fingerprint density at radius 1 is 1.00 bits per heavy atom. The Kier molecular flexibility index (Phi) is 5.66. The highest BCUT2D eigenvalue weighted by Crippen LogP contribution is 2.30. The zero-order chi connectivity index (χ0) is 22.8. The summed E-state index contributed by atoms with van der Waals surface area (Å²) in [7, 11) is 1.64. The van der Waals surface area contributed by atoms with Crippen molar-refractivity contribution in [3.8, 4) is 17.1 Å². The third-order valence-corrected chi connectivity index (χ3v) is 6.16. The number of nitrogens with one attached hydrogen (secondary N) is 1. The summed E-state index contributed by atoms with van der Waals surface area (Å²) in [5, 5.41) is 13.2. The van der Waals surface area contributed by atoms with Crippen LogP contribution in [0.15, 0.2) is 78.0 Å². The molecule has 0 bridgehead atoms. The smallest absolute Gasteiger partial charge is 0.234 e. The minimum absolute atomic E-state index is 0.111. The van der Waals surface area contributed by atoms with Gasteiger partial charge in [-0.2, -0.15) is 0 Å². The molecule has 0 aliphatic rings. The number of anilines is 1. The lowest BCUT2D eigenvalue weighted by Gasteiger charge is -2.10. The van der Waals surface area contributed by atoms with Crippen molar-refractivity contribution in [1.29, 1.82) is 0 Å². The number of carbonyl (C=O) groups excluding carboxylic acids is 1. The van der Waals surface area contributed by atoms with E-state index in [9.17, 15) is 4.79 Å². The number of fused-ring (bicyclic) bond motifs is 3. The molecule has 0 fully saturated rings. The average Bonchev–Trinajstić information content (AvgIpc) is 3.28. The lowest BCUT2D eigenvalue weighted by atomic mass is 10.1. The van der Waals surface area contributed by atoms with Crippen molar-refractivity contribution in [2.24, 2.45) is 0 Å². The second kappa shape index (κ2) is 8.91. The molecule has 5 rings (SSSR count). The molecule has 0 saturated heterocycles. The summed E-state index contributed by atoms with van der Waals surface area (Å²) < 4.78 is 7.20. The number of benzene rings is 3. The molecule has 0 spiro atoms. The number of hydrogen-bond acceptors (Lipinski definition) is 6. The quantitative estimate of drug-likeness (QED) is 0.363. The molecule has 2 heterocycles. The molecule has 164 valence electrons. The molecule has 8 heteroatoms. The maximum absolute atomic E-state index is 12.5. The Morgan fingerprint density at radius 2 is 1.76 bits per heavy atom. The number of aromatic nitrogens is 4. The monoisotopic (exact) mass is 455 g/mol. The lowest BCUT2D eigenvalue weighted by Crippen LogP contribution is -2.14. The molecule has 2 aromatic heterocycles. The molecule has 0 aliphatic heterocycles. The second-order valence-electron chi connectivity index (χ2n) is 7.53. The highest BCUT2D eigenvalue weighted by molar-refractivity contribution is 7.99. The first kappa shape index (κ1) is 21.0. The van der Waals surface area contributed by atoms with Gasteiger partial charge in [-0.15, -0.1) is 10.2 Å². The zero-order valence-electron chi connectivity index (χ0n) is 18.1.